The van der Waals surface area contributed by atoms with Crippen LogP contribution in [0.15, 0.2) is 30.3 Å². The number of quaternary nitrogens is 1. The second kappa shape index (κ2) is 6.16. The molecular weight excluding hydrogens is 232 g/mol. The van der Waals surface area contributed by atoms with E-state index in [0.29, 0.717) is 6.54 Å². The molecule has 0 radical (unpaired) electrons. The Hall–Kier alpha value is -1.88. The Bertz CT molecular complexity index is 420. The molecule has 0 aromatic heterocycles. The predicted octanol–water partition coefficient (Wildman–Crippen LogP) is 1.83. The molecule has 0 heterocycles. The van der Waals surface area contributed by atoms with Crippen LogP contribution in [0.25, 0.3) is 0 Å². The van der Waals surface area contributed by atoms with Crippen LogP contribution >= 0.6 is 0 Å². The first-order valence-electron chi connectivity index (χ1n) is 5.92. The van der Waals surface area contributed by atoms with E-state index < -0.39 is 5.97 Å². The molecule has 0 fully saturated rings. The number of nitrogens with zero attached hydrogens (tertiary/aromatic N) is 1. The molecule has 2 amide bonds. The van der Waals surface area contributed by atoms with Gasteiger partial charge in [-0.15, -0.1) is 0 Å². The number of nitrogens with one attached hydrogen (secondary N) is 1. The van der Waals surface area contributed by atoms with Crippen LogP contribution in [0.1, 0.15) is 13.3 Å². The van der Waals surface area contributed by atoms with Crippen molar-refractivity contribution < 1.29 is 14.7 Å². The maximum Gasteiger partial charge on any atom is 0.421 e. The highest BCUT2D eigenvalue weighted by Gasteiger charge is 2.33. The fourth-order valence-electron chi connectivity index (χ4n) is 1.88. The second-order valence-corrected chi connectivity index (χ2v) is 4.30. The first-order chi connectivity index (χ1) is 8.50. The highest BCUT2D eigenvalue weighted by molar-refractivity contribution is 5.88. The van der Waals surface area contributed by atoms with Crippen molar-refractivity contribution in [2.75, 3.05) is 20.1 Å². The Morgan fingerprint density at radius 1 is 1.28 bits per heavy atom. The monoisotopic (exact) mass is 251 g/mol. The maximum atomic E-state index is 12.2. The number of amides is 2. The van der Waals surface area contributed by atoms with Crippen molar-refractivity contribution in [3.05, 3.63) is 30.3 Å². The molecule has 0 bridgehead atoms. The van der Waals surface area contributed by atoms with E-state index in [-0.39, 0.29) is 17.1 Å². The van der Waals surface area contributed by atoms with Gasteiger partial charge >= 0.3 is 12.0 Å². The summed E-state index contributed by atoms with van der Waals surface area (Å²) in [7, 11) is 1.79. The Morgan fingerprint density at radius 3 is 2.39 bits per heavy atom. The van der Waals surface area contributed by atoms with Crippen LogP contribution < -0.4 is 9.80 Å². The van der Waals surface area contributed by atoms with E-state index in [1.807, 2.05) is 37.3 Å². The van der Waals surface area contributed by atoms with Crippen molar-refractivity contribution in [1.29, 1.82) is 0 Å². The van der Waals surface area contributed by atoms with Gasteiger partial charge < -0.3 is 5.11 Å². The third kappa shape index (κ3) is 3.30. The Morgan fingerprint density at radius 2 is 1.89 bits per heavy atom. The molecule has 0 aliphatic rings. The Balaban J connectivity index is 2.93. The molecule has 1 rings (SSSR count). The van der Waals surface area contributed by atoms with Crippen molar-refractivity contribution in [1.82, 2.24) is 9.80 Å². The summed E-state index contributed by atoms with van der Waals surface area (Å²) in [5, 5.41) is 11.0. The largest absolute Gasteiger partial charge is 0.480 e. The predicted molar refractivity (Wildman–Crippen MR) is 70.4 cm³/mol. The van der Waals surface area contributed by atoms with Crippen molar-refractivity contribution in [2.45, 2.75) is 13.3 Å². The van der Waals surface area contributed by atoms with Gasteiger partial charge in [0, 0.05) is 0 Å². The van der Waals surface area contributed by atoms with Crippen molar-refractivity contribution in [3.8, 4) is 0 Å². The van der Waals surface area contributed by atoms with E-state index in [4.69, 9.17) is 5.11 Å². The lowest BCUT2D eigenvalue weighted by Gasteiger charge is -2.30. The molecule has 1 atom stereocenters. The average molecular weight is 251 g/mol. The van der Waals surface area contributed by atoms with Gasteiger partial charge in [-0.2, -0.15) is 0 Å². The van der Waals surface area contributed by atoms with E-state index >= 15 is 0 Å². The first kappa shape index (κ1) is 14.2. The lowest BCUT2D eigenvalue weighted by Crippen LogP contribution is -2.57. The maximum absolute atomic E-state index is 12.2. The molecule has 98 valence electrons. The number of carboxylic acid groups (broad SMARTS) is 1. The highest BCUT2D eigenvalue weighted by atomic mass is 16.4. The Kier molecular flexibility index (Phi) is 4.85. The van der Waals surface area contributed by atoms with Gasteiger partial charge in [-0.1, -0.05) is 25.1 Å². The minimum atomic E-state index is -1.04. The lowest BCUT2D eigenvalue weighted by atomic mass is 10.2. The van der Waals surface area contributed by atoms with Crippen molar-refractivity contribution >= 4 is 17.7 Å². The van der Waals surface area contributed by atoms with E-state index in [1.54, 1.807) is 7.05 Å². The molecule has 0 spiro atoms. The molecule has 0 aliphatic carbocycles. The third-order valence-electron chi connectivity index (χ3n) is 2.84. The molecule has 0 saturated heterocycles. The van der Waals surface area contributed by atoms with Crippen LogP contribution in [0.3, 0.4) is 0 Å². The minimum Gasteiger partial charge on any atom is -0.480 e. The number of benzene rings is 1. The quantitative estimate of drug-likeness (QED) is 0.784. The zero-order chi connectivity index (χ0) is 13.6. The molecule has 5 nitrogen and oxygen atoms in total. The standard InChI is InChI=1S/C13H18N2O3/c1-3-9-15(2,11-7-5-4-6-8-11)13(18)14-10-12(16)17/h4-8H,3,9-10H2,1-2H3,(H-,14,16,17,18)/p+1. The summed E-state index contributed by atoms with van der Waals surface area (Å²) < 4.78 is 0.0601. The fraction of sp³-hybridized carbons (Fsp3) is 0.385. The molecule has 2 N–H and O–H groups in total. The van der Waals surface area contributed by atoms with E-state index in [0.717, 1.165) is 12.1 Å². The van der Waals surface area contributed by atoms with Gasteiger partial charge in [-0.25, -0.2) is 9.28 Å². The molecule has 1 aromatic carbocycles. The van der Waals surface area contributed by atoms with Crippen LogP contribution in [0.4, 0.5) is 10.5 Å². The molecule has 1 aromatic rings. The first-order valence-corrected chi connectivity index (χ1v) is 5.92. The average Bonchev–Trinajstić information content (AvgIpc) is 2.37. The second-order valence-electron chi connectivity index (χ2n) is 4.30. The molecule has 5 heteroatoms. The Labute approximate surface area is 107 Å². The van der Waals surface area contributed by atoms with Gasteiger partial charge in [0.1, 0.15) is 12.2 Å². The summed E-state index contributed by atoms with van der Waals surface area (Å²) in [6, 6.07) is 9.06. The smallest absolute Gasteiger partial charge is 0.421 e. The number of hydrogen-bond donors (Lipinski definition) is 2. The van der Waals surface area contributed by atoms with Crippen LogP contribution in [-0.2, 0) is 4.79 Å². The highest BCUT2D eigenvalue weighted by Crippen LogP contribution is 2.21. The van der Waals surface area contributed by atoms with Gasteiger partial charge in [0.15, 0.2) is 0 Å². The van der Waals surface area contributed by atoms with Gasteiger partial charge in [-0.05, 0) is 18.6 Å². The molecule has 1 unspecified atom stereocenters. The van der Waals surface area contributed by atoms with Gasteiger partial charge in [0.2, 0.25) is 0 Å². The van der Waals surface area contributed by atoms with Gasteiger partial charge in [-0.3, -0.25) is 10.1 Å². The van der Waals surface area contributed by atoms with Crippen molar-refractivity contribution in [2.24, 2.45) is 0 Å². The van der Waals surface area contributed by atoms with Crippen LogP contribution in [0.5, 0.6) is 0 Å². The minimum absolute atomic E-state index is 0.0601. The number of carboxylic acids is 1. The van der Waals surface area contributed by atoms with E-state index in [2.05, 4.69) is 5.32 Å². The normalized spacial score (nSPS) is 13.7. The third-order valence-corrected chi connectivity index (χ3v) is 2.84. The summed E-state index contributed by atoms with van der Waals surface area (Å²) in [4.78, 5) is 22.7. The number of para-hydroxylation sites is 1. The van der Waals surface area contributed by atoms with Crippen LogP contribution in [-0.4, -0.2) is 37.2 Å². The number of rotatable bonds is 5. The molecule has 0 aliphatic heterocycles. The summed E-state index contributed by atoms with van der Waals surface area (Å²) >= 11 is 0. The van der Waals surface area contributed by atoms with Crippen LogP contribution in [0.2, 0.25) is 0 Å². The summed E-state index contributed by atoms with van der Waals surface area (Å²) in [5.41, 5.74) is 0.849. The fourth-order valence-corrected chi connectivity index (χ4v) is 1.88. The number of hydrogen-bond acceptors (Lipinski definition) is 2. The zero-order valence-corrected chi connectivity index (χ0v) is 10.7. The van der Waals surface area contributed by atoms with Gasteiger partial charge in [0.25, 0.3) is 0 Å². The summed E-state index contributed by atoms with van der Waals surface area (Å²) in [6.07, 6.45) is 0.825. The number of urea groups is 1. The topological polar surface area (TPSA) is 66.4 Å². The number of aliphatic carboxylic acids is 1. The summed E-state index contributed by atoms with van der Waals surface area (Å²) in [5.74, 6) is -1.04. The summed E-state index contributed by atoms with van der Waals surface area (Å²) in [6.45, 7) is 2.25. The molecule has 18 heavy (non-hydrogen) atoms. The van der Waals surface area contributed by atoms with Gasteiger partial charge in [0.05, 0.1) is 13.6 Å². The van der Waals surface area contributed by atoms with E-state index in [9.17, 15) is 9.59 Å². The number of carbonyl (C=O) groups is 2. The lowest BCUT2D eigenvalue weighted by molar-refractivity contribution is -0.135. The molecule has 0 saturated carbocycles. The molecular formula is C13H19N2O3+. The zero-order valence-electron chi connectivity index (χ0n) is 10.7. The van der Waals surface area contributed by atoms with E-state index in [1.165, 1.54) is 0 Å². The van der Waals surface area contributed by atoms with Crippen molar-refractivity contribution in [3.63, 3.8) is 0 Å². The van der Waals surface area contributed by atoms with Crippen LogP contribution in [0, 0.1) is 0 Å². The SMILES string of the molecule is CCC[N+](C)(C(=O)NCC(=O)O)c1ccccc1. The number of carbonyl (C=O) groups excluding carboxylic acids is 1.